The first-order valence-electron chi connectivity index (χ1n) is 10.3. The Hall–Kier alpha value is -2.14. The molecule has 10 heteroatoms. The van der Waals surface area contributed by atoms with Gasteiger partial charge in [-0.05, 0) is 55.8 Å². The number of unbranched alkanes of at least 4 members (excludes halogenated alkanes) is 1. The number of nitrogens with one attached hydrogen (secondary N) is 2. The lowest BCUT2D eigenvalue weighted by atomic mass is 10.2. The highest BCUT2D eigenvalue weighted by molar-refractivity contribution is 9.10. The second-order valence-electron chi connectivity index (χ2n) is 7.56. The summed E-state index contributed by atoms with van der Waals surface area (Å²) in [6, 6.07) is 12.4. The van der Waals surface area contributed by atoms with Crippen molar-refractivity contribution in [2.45, 2.75) is 17.7 Å². The van der Waals surface area contributed by atoms with E-state index in [0.717, 1.165) is 61.2 Å². The number of aromatic amines is 1. The standard InChI is InChI=1S/C21H25BrN4O4S/c22-16-6-8-17(9-7-16)31(28,29)23-10-1-2-11-25-12-14-26(15-13-25)19-5-3-4-18-20(19)30-21(27)24-18/h3-9,23H,1-2,10-15H2,(H,24,27). The van der Waals surface area contributed by atoms with Gasteiger partial charge in [-0.2, -0.15) is 0 Å². The lowest BCUT2D eigenvalue weighted by Crippen LogP contribution is -2.46. The summed E-state index contributed by atoms with van der Waals surface area (Å²) >= 11 is 3.31. The summed E-state index contributed by atoms with van der Waals surface area (Å²) in [5, 5.41) is 0. The molecule has 0 aliphatic carbocycles. The summed E-state index contributed by atoms with van der Waals surface area (Å²) in [6.07, 6.45) is 1.70. The maximum absolute atomic E-state index is 12.3. The number of nitrogens with zero attached hydrogens (tertiary/aromatic N) is 2. The molecule has 0 atom stereocenters. The van der Waals surface area contributed by atoms with Gasteiger partial charge in [-0.25, -0.2) is 17.9 Å². The van der Waals surface area contributed by atoms with Gasteiger partial charge in [-0.3, -0.25) is 9.88 Å². The monoisotopic (exact) mass is 508 g/mol. The zero-order valence-electron chi connectivity index (χ0n) is 17.0. The number of piperazine rings is 1. The van der Waals surface area contributed by atoms with E-state index in [1.165, 1.54) is 0 Å². The predicted octanol–water partition coefficient (Wildman–Crippen LogP) is 2.76. The molecule has 0 unspecified atom stereocenters. The van der Waals surface area contributed by atoms with Crippen LogP contribution in [0.2, 0.25) is 0 Å². The lowest BCUT2D eigenvalue weighted by molar-refractivity contribution is 0.253. The van der Waals surface area contributed by atoms with Crippen LogP contribution in [0.1, 0.15) is 12.8 Å². The largest absolute Gasteiger partial charge is 0.417 e. The second-order valence-corrected chi connectivity index (χ2v) is 10.2. The highest BCUT2D eigenvalue weighted by Crippen LogP contribution is 2.25. The molecule has 2 N–H and O–H groups in total. The van der Waals surface area contributed by atoms with Crippen molar-refractivity contribution in [3.05, 3.63) is 57.5 Å². The third-order valence-electron chi connectivity index (χ3n) is 5.46. The highest BCUT2D eigenvalue weighted by atomic mass is 79.9. The third kappa shape index (κ3) is 5.38. The fraction of sp³-hybridized carbons (Fsp3) is 0.381. The van der Waals surface area contributed by atoms with Gasteiger partial charge in [-0.15, -0.1) is 0 Å². The number of halogens is 1. The normalized spacial score (nSPS) is 15.6. The van der Waals surface area contributed by atoms with Gasteiger partial charge in [0.1, 0.15) is 0 Å². The number of H-pyrrole nitrogens is 1. The first-order valence-corrected chi connectivity index (χ1v) is 12.5. The van der Waals surface area contributed by atoms with E-state index in [0.29, 0.717) is 12.1 Å². The molecule has 0 amide bonds. The Morgan fingerprint density at radius 2 is 1.77 bits per heavy atom. The molecule has 1 fully saturated rings. The van der Waals surface area contributed by atoms with Crippen molar-refractivity contribution in [1.29, 1.82) is 0 Å². The maximum Gasteiger partial charge on any atom is 0.417 e. The van der Waals surface area contributed by atoms with Crippen molar-refractivity contribution in [3.8, 4) is 0 Å². The van der Waals surface area contributed by atoms with Gasteiger partial charge in [0.25, 0.3) is 0 Å². The molecule has 0 bridgehead atoms. The molecule has 1 saturated heterocycles. The first-order chi connectivity index (χ1) is 14.9. The van der Waals surface area contributed by atoms with Gasteiger partial charge in [0.15, 0.2) is 5.58 Å². The minimum Gasteiger partial charge on any atom is -0.406 e. The fourth-order valence-electron chi connectivity index (χ4n) is 3.78. The Bertz CT molecular complexity index is 1180. The molecule has 8 nitrogen and oxygen atoms in total. The molecule has 1 aliphatic heterocycles. The zero-order chi connectivity index (χ0) is 21.8. The van der Waals surface area contributed by atoms with E-state index in [4.69, 9.17) is 4.42 Å². The zero-order valence-corrected chi connectivity index (χ0v) is 19.4. The Balaban J connectivity index is 1.20. The lowest BCUT2D eigenvalue weighted by Gasteiger charge is -2.36. The van der Waals surface area contributed by atoms with E-state index in [-0.39, 0.29) is 4.90 Å². The van der Waals surface area contributed by atoms with Gasteiger partial charge in [0.2, 0.25) is 10.0 Å². The van der Waals surface area contributed by atoms with Crippen molar-refractivity contribution in [2.75, 3.05) is 44.2 Å². The Morgan fingerprint density at radius 1 is 1.03 bits per heavy atom. The van der Waals surface area contributed by atoms with E-state index in [9.17, 15) is 13.2 Å². The Morgan fingerprint density at radius 3 is 2.52 bits per heavy atom. The number of para-hydroxylation sites is 1. The van der Waals surface area contributed by atoms with E-state index in [2.05, 4.69) is 35.4 Å². The third-order valence-corrected chi connectivity index (χ3v) is 7.46. The molecular weight excluding hydrogens is 484 g/mol. The molecule has 0 radical (unpaired) electrons. The quantitative estimate of drug-likeness (QED) is 0.454. The number of sulfonamides is 1. The number of hydrogen-bond acceptors (Lipinski definition) is 6. The number of benzene rings is 2. The maximum atomic E-state index is 12.3. The number of aromatic nitrogens is 1. The van der Waals surface area contributed by atoms with Gasteiger partial charge < -0.3 is 9.32 Å². The van der Waals surface area contributed by atoms with Gasteiger partial charge in [0.05, 0.1) is 16.1 Å². The van der Waals surface area contributed by atoms with Crippen LogP contribution in [0.5, 0.6) is 0 Å². The molecule has 4 rings (SSSR count). The van der Waals surface area contributed by atoms with Gasteiger partial charge in [-0.1, -0.05) is 22.0 Å². The SMILES string of the molecule is O=c1[nH]c2cccc(N3CCN(CCCCNS(=O)(=O)c4ccc(Br)cc4)CC3)c2o1. The summed E-state index contributed by atoms with van der Waals surface area (Å²) in [5.41, 5.74) is 2.27. The average molecular weight is 509 g/mol. The minimum atomic E-state index is -3.46. The molecule has 2 aromatic carbocycles. The van der Waals surface area contributed by atoms with E-state index < -0.39 is 15.8 Å². The summed E-state index contributed by atoms with van der Waals surface area (Å²) in [6.45, 7) is 4.88. The van der Waals surface area contributed by atoms with Crippen LogP contribution < -0.4 is 15.4 Å². The molecular formula is C21H25BrN4O4S. The second kappa shape index (κ2) is 9.56. The van der Waals surface area contributed by atoms with E-state index in [1.807, 2.05) is 18.2 Å². The van der Waals surface area contributed by atoms with Gasteiger partial charge in [0, 0.05) is 37.2 Å². The van der Waals surface area contributed by atoms with Crippen molar-refractivity contribution in [2.24, 2.45) is 0 Å². The molecule has 1 aromatic heterocycles. The highest BCUT2D eigenvalue weighted by Gasteiger charge is 2.20. The number of oxazole rings is 1. The average Bonchev–Trinajstić information content (AvgIpc) is 3.14. The van der Waals surface area contributed by atoms with Crippen LogP contribution in [0.3, 0.4) is 0 Å². The molecule has 1 aliphatic rings. The topological polar surface area (TPSA) is 98.6 Å². The molecule has 0 spiro atoms. The molecule has 0 saturated carbocycles. The Labute approximate surface area is 189 Å². The summed E-state index contributed by atoms with van der Waals surface area (Å²) in [5.74, 6) is -0.433. The summed E-state index contributed by atoms with van der Waals surface area (Å²) in [7, 11) is -3.46. The van der Waals surface area contributed by atoms with Crippen LogP contribution in [0.25, 0.3) is 11.1 Å². The summed E-state index contributed by atoms with van der Waals surface area (Å²) < 4.78 is 33.4. The smallest absolute Gasteiger partial charge is 0.406 e. The number of rotatable bonds is 8. The van der Waals surface area contributed by atoms with Crippen molar-refractivity contribution < 1.29 is 12.8 Å². The summed E-state index contributed by atoms with van der Waals surface area (Å²) in [4.78, 5) is 19.1. The molecule has 166 valence electrons. The molecule has 2 heterocycles. The minimum absolute atomic E-state index is 0.278. The van der Waals surface area contributed by atoms with Crippen LogP contribution in [0.15, 0.2) is 61.0 Å². The van der Waals surface area contributed by atoms with Crippen molar-refractivity contribution in [3.63, 3.8) is 0 Å². The predicted molar refractivity (Wildman–Crippen MR) is 124 cm³/mol. The number of hydrogen-bond donors (Lipinski definition) is 2. The van der Waals surface area contributed by atoms with Crippen LogP contribution in [-0.2, 0) is 10.0 Å². The Kier molecular flexibility index (Phi) is 6.80. The number of anilines is 1. The molecule has 3 aromatic rings. The van der Waals surface area contributed by atoms with Crippen molar-refractivity contribution in [1.82, 2.24) is 14.6 Å². The van der Waals surface area contributed by atoms with Crippen LogP contribution in [0.4, 0.5) is 5.69 Å². The fourth-order valence-corrected chi connectivity index (χ4v) is 5.12. The number of fused-ring (bicyclic) bond motifs is 1. The van der Waals surface area contributed by atoms with Crippen molar-refractivity contribution >= 4 is 42.7 Å². The van der Waals surface area contributed by atoms with E-state index in [1.54, 1.807) is 24.3 Å². The van der Waals surface area contributed by atoms with E-state index >= 15 is 0 Å². The van der Waals surface area contributed by atoms with Crippen LogP contribution in [-0.4, -0.2) is 57.6 Å². The first kappa shape index (κ1) is 22.1. The van der Waals surface area contributed by atoms with Gasteiger partial charge >= 0.3 is 5.76 Å². The van der Waals surface area contributed by atoms with Crippen LogP contribution >= 0.6 is 15.9 Å². The molecule has 31 heavy (non-hydrogen) atoms. The van der Waals surface area contributed by atoms with Crippen LogP contribution in [0, 0.1) is 0 Å².